The highest BCUT2D eigenvalue weighted by Crippen LogP contribution is 2.32. The number of carbonyl (C=O) groups is 1. The summed E-state index contributed by atoms with van der Waals surface area (Å²) in [5.74, 6) is 0.994. The van der Waals surface area contributed by atoms with Crippen molar-refractivity contribution in [3.8, 4) is 11.5 Å². The second kappa shape index (κ2) is 7.43. The zero-order valence-corrected chi connectivity index (χ0v) is 15.5. The minimum Gasteiger partial charge on any atom is -0.493 e. The van der Waals surface area contributed by atoms with E-state index in [1.807, 2.05) is 36.4 Å². The zero-order valence-electron chi connectivity index (χ0n) is 15.5. The van der Waals surface area contributed by atoms with E-state index in [0.717, 1.165) is 16.5 Å². The summed E-state index contributed by atoms with van der Waals surface area (Å²) >= 11 is 0. The van der Waals surface area contributed by atoms with Crippen LogP contribution < -0.4 is 14.8 Å². The number of benzene rings is 2. The molecule has 0 atom stereocenters. The third-order valence-corrected chi connectivity index (χ3v) is 4.39. The van der Waals surface area contributed by atoms with Crippen LogP contribution in [0.25, 0.3) is 10.9 Å². The second-order valence-corrected chi connectivity index (χ2v) is 6.22. The highest BCUT2D eigenvalue weighted by atomic mass is 16.5. The van der Waals surface area contributed by atoms with E-state index in [-0.39, 0.29) is 5.91 Å². The molecule has 0 spiro atoms. The summed E-state index contributed by atoms with van der Waals surface area (Å²) in [5, 5.41) is 7.84. The number of aromatic amines is 1. The Hall–Kier alpha value is -3.81. The maximum Gasteiger partial charge on any atom is 0.272 e. The van der Waals surface area contributed by atoms with Crippen molar-refractivity contribution in [1.82, 2.24) is 19.7 Å². The van der Waals surface area contributed by atoms with Crippen LogP contribution in [0.3, 0.4) is 0 Å². The van der Waals surface area contributed by atoms with E-state index < -0.39 is 0 Å². The molecule has 2 aromatic carbocycles. The van der Waals surface area contributed by atoms with E-state index in [1.54, 1.807) is 31.3 Å². The fourth-order valence-corrected chi connectivity index (χ4v) is 2.97. The van der Waals surface area contributed by atoms with Gasteiger partial charge < -0.3 is 19.8 Å². The molecule has 2 heterocycles. The van der Waals surface area contributed by atoms with Gasteiger partial charge in [-0.15, -0.1) is 0 Å². The van der Waals surface area contributed by atoms with Crippen LogP contribution in [0.4, 0.5) is 5.69 Å². The molecule has 0 saturated carbocycles. The molecule has 0 aliphatic heterocycles. The molecule has 0 bridgehead atoms. The maximum atomic E-state index is 12.6. The molecule has 2 aromatic heterocycles. The Bertz CT molecular complexity index is 1060. The summed E-state index contributed by atoms with van der Waals surface area (Å²) in [7, 11) is 3.16. The monoisotopic (exact) mass is 377 g/mol. The summed E-state index contributed by atoms with van der Waals surface area (Å²) in [4.78, 5) is 19.6. The van der Waals surface area contributed by atoms with E-state index in [9.17, 15) is 4.79 Å². The van der Waals surface area contributed by atoms with E-state index in [4.69, 9.17) is 9.47 Å². The average molecular weight is 377 g/mol. The van der Waals surface area contributed by atoms with Crippen molar-refractivity contribution in [1.29, 1.82) is 0 Å². The number of aromatic nitrogens is 4. The average Bonchev–Trinajstić information content (AvgIpc) is 3.37. The lowest BCUT2D eigenvalue weighted by molar-refractivity contribution is 0.102. The highest BCUT2D eigenvalue weighted by Gasteiger charge is 2.13. The van der Waals surface area contributed by atoms with Gasteiger partial charge in [-0.1, -0.05) is 12.1 Å². The van der Waals surface area contributed by atoms with Crippen molar-refractivity contribution in [2.75, 3.05) is 19.5 Å². The Kier molecular flexibility index (Phi) is 4.67. The minimum atomic E-state index is -0.224. The summed E-state index contributed by atoms with van der Waals surface area (Å²) < 4.78 is 12.3. The lowest BCUT2D eigenvalue weighted by atomic mass is 10.2. The predicted molar refractivity (Wildman–Crippen MR) is 105 cm³/mol. The number of hydrogen-bond donors (Lipinski definition) is 2. The number of fused-ring (bicyclic) bond motifs is 1. The topological polar surface area (TPSA) is 94.1 Å². The van der Waals surface area contributed by atoms with Gasteiger partial charge in [0.05, 0.1) is 20.8 Å². The number of hydrogen-bond acceptors (Lipinski definition) is 5. The molecule has 0 aliphatic carbocycles. The molecule has 1 amide bonds. The summed E-state index contributed by atoms with van der Waals surface area (Å²) in [5.41, 5.74) is 3.03. The van der Waals surface area contributed by atoms with Gasteiger partial charge in [0, 0.05) is 22.7 Å². The van der Waals surface area contributed by atoms with E-state index in [0.29, 0.717) is 29.4 Å². The molecule has 8 heteroatoms. The Balaban J connectivity index is 1.50. The third-order valence-electron chi connectivity index (χ3n) is 4.39. The molecular formula is C20H19N5O3. The van der Waals surface area contributed by atoms with Crippen molar-refractivity contribution in [2.45, 2.75) is 6.54 Å². The quantitative estimate of drug-likeness (QED) is 0.539. The molecule has 142 valence electrons. The van der Waals surface area contributed by atoms with Gasteiger partial charge in [-0.25, -0.2) is 9.67 Å². The molecule has 0 fully saturated rings. The van der Waals surface area contributed by atoms with Gasteiger partial charge >= 0.3 is 0 Å². The zero-order chi connectivity index (χ0) is 19.5. The fourth-order valence-electron chi connectivity index (χ4n) is 2.97. The van der Waals surface area contributed by atoms with E-state index >= 15 is 0 Å². The largest absolute Gasteiger partial charge is 0.493 e. The molecule has 0 saturated heterocycles. The van der Waals surface area contributed by atoms with Gasteiger partial charge in [0.1, 0.15) is 18.3 Å². The first-order valence-electron chi connectivity index (χ1n) is 8.63. The fraction of sp³-hybridized carbons (Fsp3) is 0.150. The highest BCUT2D eigenvalue weighted by molar-refractivity contribution is 6.06. The van der Waals surface area contributed by atoms with Crippen LogP contribution in [0.15, 0.2) is 55.1 Å². The van der Waals surface area contributed by atoms with Gasteiger partial charge in [-0.2, -0.15) is 5.10 Å². The number of nitrogens with one attached hydrogen (secondary N) is 2. The SMILES string of the molecule is COc1cc2cc(C(=O)Nc3ccc(Cn4cncn4)cc3)[nH]c2cc1OC. The molecule has 2 N–H and O–H groups in total. The number of H-pyrrole nitrogens is 1. The number of carbonyl (C=O) groups excluding carboxylic acids is 1. The summed E-state index contributed by atoms with van der Waals surface area (Å²) in [6.07, 6.45) is 3.16. The predicted octanol–water partition coefficient (Wildman–Crippen LogP) is 3.08. The van der Waals surface area contributed by atoms with Crippen molar-refractivity contribution < 1.29 is 14.3 Å². The van der Waals surface area contributed by atoms with Crippen LogP contribution >= 0.6 is 0 Å². The van der Waals surface area contributed by atoms with Crippen LogP contribution in [-0.2, 0) is 6.54 Å². The van der Waals surface area contributed by atoms with E-state index in [1.165, 1.54) is 6.33 Å². The van der Waals surface area contributed by atoms with Crippen LogP contribution in [0.2, 0.25) is 0 Å². The molecular weight excluding hydrogens is 358 g/mol. The second-order valence-electron chi connectivity index (χ2n) is 6.22. The first kappa shape index (κ1) is 17.6. The van der Waals surface area contributed by atoms with Gasteiger partial charge in [0.2, 0.25) is 0 Å². The summed E-state index contributed by atoms with van der Waals surface area (Å²) in [6.45, 7) is 0.625. The third kappa shape index (κ3) is 3.52. The molecule has 4 rings (SSSR count). The van der Waals surface area contributed by atoms with Crippen molar-refractivity contribution in [3.63, 3.8) is 0 Å². The van der Waals surface area contributed by atoms with Gasteiger partial charge in [0.25, 0.3) is 5.91 Å². The van der Waals surface area contributed by atoms with Crippen molar-refractivity contribution in [2.24, 2.45) is 0 Å². The van der Waals surface area contributed by atoms with Gasteiger partial charge in [-0.3, -0.25) is 4.79 Å². The van der Waals surface area contributed by atoms with Crippen molar-refractivity contribution in [3.05, 3.63) is 66.4 Å². The maximum absolute atomic E-state index is 12.6. The van der Waals surface area contributed by atoms with Crippen molar-refractivity contribution >= 4 is 22.5 Å². The number of amides is 1. The number of nitrogens with zero attached hydrogens (tertiary/aromatic N) is 3. The number of ether oxygens (including phenoxy) is 2. The first-order valence-corrected chi connectivity index (χ1v) is 8.63. The Labute approximate surface area is 161 Å². The molecule has 8 nitrogen and oxygen atoms in total. The lowest BCUT2D eigenvalue weighted by Crippen LogP contribution is -2.12. The standard InChI is InChI=1S/C20H19N5O3/c1-27-18-8-14-7-17(24-16(14)9-19(18)28-2)20(26)23-15-5-3-13(4-6-15)10-25-12-21-11-22-25/h3-9,11-12,24H,10H2,1-2H3,(H,23,26). The molecule has 0 unspecified atom stereocenters. The smallest absolute Gasteiger partial charge is 0.272 e. The molecule has 4 aromatic rings. The Morgan fingerprint density at radius 3 is 2.54 bits per heavy atom. The number of anilines is 1. The lowest BCUT2D eigenvalue weighted by Gasteiger charge is -2.06. The Morgan fingerprint density at radius 2 is 1.86 bits per heavy atom. The number of methoxy groups -OCH3 is 2. The first-order chi connectivity index (χ1) is 13.7. The van der Waals surface area contributed by atoms with Crippen LogP contribution in [0.5, 0.6) is 11.5 Å². The minimum absolute atomic E-state index is 0.224. The van der Waals surface area contributed by atoms with Crippen LogP contribution in [0, 0.1) is 0 Å². The number of rotatable bonds is 6. The van der Waals surface area contributed by atoms with Crippen LogP contribution in [-0.4, -0.2) is 39.9 Å². The van der Waals surface area contributed by atoms with Crippen LogP contribution in [0.1, 0.15) is 16.1 Å². The van der Waals surface area contributed by atoms with E-state index in [2.05, 4.69) is 20.4 Å². The van der Waals surface area contributed by atoms with Gasteiger partial charge in [0.15, 0.2) is 11.5 Å². The molecule has 0 aliphatic rings. The Morgan fingerprint density at radius 1 is 1.11 bits per heavy atom. The normalized spacial score (nSPS) is 10.8. The van der Waals surface area contributed by atoms with Gasteiger partial charge in [-0.05, 0) is 29.8 Å². The summed E-state index contributed by atoms with van der Waals surface area (Å²) in [6, 6.07) is 13.0. The molecule has 0 radical (unpaired) electrons. The molecule has 28 heavy (non-hydrogen) atoms.